The normalized spacial score (nSPS) is 17.3. The molecule has 16 heavy (non-hydrogen) atoms. The summed E-state index contributed by atoms with van der Waals surface area (Å²) in [6.07, 6.45) is 2.52. The van der Waals surface area contributed by atoms with Gasteiger partial charge in [-0.2, -0.15) is 15.7 Å². The Morgan fingerprint density at radius 1 is 1.50 bits per heavy atom. The van der Waals surface area contributed by atoms with Gasteiger partial charge in [-0.05, 0) is 42.2 Å². The number of hydrogen-bond acceptors (Lipinski definition) is 5. The Bertz CT molecular complexity index is 459. The topological polar surface area (TPSA) is 37.8 Å². The smallest absolute Gasteiger partial charge is 0.203 e. The minimum absolute atomic E-state index is 0.311. The van der Waals surface area contributed by atoms with E-state index in [1.54, 1.807) is 11.3 Å². The van der Waals surface area contributed by atoms with Crippen molar-refractivity contribution in [1.29, 1.82) is 0 Å². The first-order valence-corrected chi connectivity index (χ1v) is 7.17. The predicted molar refractivity (Wildman–Crippen MR) is 68.2 cm³/mol. The van der Waals surface area contributed by atoms with Crippen molar-refractivity contribution in [2.75, 3.05) is 5.32 Å². The van der Waals surface area contributed by atoms with Gasteiger partial charge in [-0.15, -0.1) is 0 Å². The van der Waals surface area contributed by atoms with Crippen LogP contribution < -0.4 is 5.32 Å². The fourth-order valence-electron chi connectivity index (χ4n) is 1.59. The number of anilines is 1. The van der Waals surface area contributed by atoms with Gasteiger partial charge in [-0.1, -0.05) is 0 Å². The molecule has 2 heterocycles. The second-order valence-electron chi connectivity index (χ2n) is 4.15. The minimum Gasteiger partial charge on any atom is -0.354 e. The van der Waals surface area contributed by atoms with Crippen LogP contribution in [0.1, 0.15) is 43.1 Å². The summed E-state index contributed by atoms with van der Waals surface area (Å²) in [6, 6.07) is 2.46. The Hall–Kier alpha value is -0.940. The maximum absolute atomic E-state index is 4.52. The zero-order chi connectivity index (χ0) is 11.0. The van der Waals surface area contributed by atoms with Crippen LogP contribution in [-0.2, 0) is 0 Å². The lowest BCUT2D eigenvalue weighted by Gasteiger charge is -2.09. The van der Waals surface area contributed by atoms with Crippen molar-refractivity contribution in [3.63, 3.8) is 0 Å². The molecule has 1 saturated carbocycles. The van der Waals surface area contributed by atoms with Gasteiger partial charge in [0.15, 0.2) is 0 Å². The van der Waals surface area contributed by atoms with Crippen molar-refractivity contribution < 1.29 is 0 Å². The molecule has 0 amide bonds. The molecule has 84 valence electrons. The molecule has 0 aromatic carbocycles. The maximum Gasteiger partial charge on any atom is 0.203 e. The predicted octanol–water partition coefficient (Wildman–Crippen LogP) is 3.65. The summed E-state index contributed by atoms with van der Waals surface area (Å²) >= 11 is 3.20. The van der Waals surface area contributed by atoms with Crippen LogP contribution in [0.2, 0.25) is 0 Å². The summed E-state index contributed by atoms with van der Waals surface area (Å²) in [4.78, 5) is 4.52. The van der Waals surface area contributed by atoms with E-state index in [9.17, 15) is 0 Å². The Morgan fingerprint density at radius 3 is 3.06 bits per heavy atom. The molecule has 1 atom stereocenters. The highest BCUT2D eigenvalue weighted by molar-refractivity contribution is 7.09. The van der Waals surface area contributed by atoms with Crippen LogP contribution in [-0.4, -0.2) is 9.36 Å². The van der Waals surface area contributed by atoms with Crippen molar-refractivity contribution in [1.82, 2.24) is 9.36 Å². The van der Waals surface area contributed by atoms with Crippen molar-refractivity contribution >= 4 is 28.0 Å². The van der Waals surface area contributed by atoms with E-state index >= 15 is 0 Å². The maximum atomic E-state index is 4.52. The Balaban J connectivity index is 1.68. The van der Waals surface area contributed by atoms with Gasteiger partial charge in [0.25, 0.3) is 0 Å². The lowest BCUT2D eigenvalue weighted by molar-refractivity contribution is 0.880. The van der Waals surface area contributed by atoms with E-state index in [4.69, 9.17) is 0 Å². The summed E-state index contributed by atoms with van der Waals surface area (Å²) < 4.78 is 4.38. The molecular formula is C11H13N3S2. The number of nitrogens with zero attached hydrogens (tertiary/aromatic N) is 2. The molecule has 2 aromatic rings. The van der Waals surface area contributed by atoms with Crippen LogP contribution in [0.25, 0.3) is 0 Å². The second-order valence-corrected chi connectivity index (χ2v) is 5.69. The average Bonchev–Trinajstić information content (AvgIpc) is 2.82. The van der Waals surface area contributed by atoms with E-state index in [-0.39, 0.29) is 0 Å². The molecule has 5 heteroatoms. The van der Waals surface area contributed by atoms with E-state index in [0.29, 0.717) is 12.0 Å². The Labute approximate surface area is 103 Å². The third-order valence-electron chi connectivity index (χ3n) is 2.77. The molecule has 2 aromatic heterocycles. The van der Waals surface area contributed by atoms with Gasteiger partial charge in [0, 0.05) is 17.5 Å². The fraction of sp³-hybridized carbons (Fsp3) is 0.455. The van der Waals surface area contributed by atoms with Crippen molar-refractivity contribution in [3.8, 4) is 0 Å². The van der Waals surface area contributed by atoms with Gasteiger partial charge in [0.05, 0.1) is 6.04 Å². The van der Waals surface area contributed by atoms with E-state index in [1.165, 1.54) is 29.9 Å². The SMILES string of the molecule is CC(Nc1nc(C2CC2)ns1)c1ccsc1. The third kappa shape index (κ3) is 2.10. The highest BCUT2D eigenvalue weighted by Crippen LogP contribution is 2.39. The van der Waals surface area contributed by atoms with E-state index in [2.05, 4.69) is 38.4 Å². The minimum atomic E-state index is 0.311. The third-order valence-corrected chi connectivity index (χ3v) is 4.13. The Kier molecular flexibility index (Phi) is 2.65. The van der Waals surface area contributed by atoms with Gasteiger partial charge in [-0.25, -0.2) is 4.98 Å². The molecule has 0 saturated heterocycles. The number of nitrogens with one attached hydrogen (secondary N) is 1. The van der Waals surface area contributed by atoms with E-state index < -0.39 is 0 Å². The molecule has 1 unspecified atom stereocenters. The summed E-state index contributed by atoms with van der Waals surface area (Å²) in [6.45, 7) is 2.15. The molecule has 1 aliphatic rings. The van der Waals surface area contributed by atoms with E-state index in [1.807, 2.05) is 0 Å². The standard InChI is InChI=1S/C11H13N3S2/c1-7(9-4-5-15-6-9)12-11-13-10(14-16-11)8-2-3-8/h4-8H,2-3H2,1H3,(H,12,13,14). The molecular weight excluding hydrogens is 238 g/mol. The average molecular weight is 251 g/mol. The first-order valence-electron chi connectivity index (χ1n) is 5.45. The van der Waals surface area contributed by atoms with Crippen molar-refractivity contribution in [2.24, 2.45) is 0 Å². The largest absolute Gasteiger partial charge is 0.354 e. The zero-order valence-corrected chi connectivity index (χ0v) is 10.6. The van der Waals surface area contributed by atoms with Crippen molar-refractivity contribution in [3.05, 3.63) is 28.2 Å². The van der Waals surface area contributed by atoms with Gasteiger partial charge < -0.3 is 5.32 Å². The number of hydrogen-bond donors (Lipinski definition) is 1. The zero-order valence-electron chi connectivity index (χ0n) is 9.01. The summed E-state index contributed by atoms with van der Waals surface area (Å²) in [5, 5.41) is 8.61. The highest BCUT2D eigenvalue weighted by atomic mass is 32.1. The van der Waals surface area contributed by atoms with Gasteiger partial charge >= 0.3 is 0 Å². The lowest BCUT2D eigenvalue weighted by Crippen LogP contribution is -2.05. The van der Waals surface area contributed by atoms with Gasteiger partial charge in [-0.3, -0.25) is 0 Å². The van der Waals surface area contributed by atoms with Crippen molar-refractivity contribution in [2.45, 2.75) is 31.7 Å². The van der Waals surface area contributed by atoms with Gasteiger partial charge in [0.2, 0.25) is 5.13 Å². The van der Waals surface area contributed by atoms with Gasteiger partial charge in [0.1, 0.15) is 5.82 Å². The molecule has 0 spiro atoms. The Morgan fingerprint density at radius 2 is 2.38 bits per heavy atom. The summed E-state index contributed by atoms with van der Waals surface area (Å²) in [5.74, 6) is 1.67. The van der Waals surface area contributed by atoms with Crippen LogP contribution in [0.5, 0.6) is 0 Å². The van der Waals surface area contributed by atoms with Crippen LogP contribution in [0.15, 0.2) is 16.8 Å². The molecule has 3 rings (SSSR count). The second kappa shape index (κ2) is 4.14. The molecule has 1 aliphatic carbocycles. The van der Waals surface area contributed by atoms with Crippen LogP contribution in [0, 0.1) is 0 Å². The van der Waals surface area contributed by atoms with E-state index in [0.717, 1.165) is 11.0 Å². The summed E-state index contributed by atoms with van der Waals surface area (Å²) in [5.41, 5.74) is 1.31. The molecule has 3 nitrogen and oxygen atoms in total. The molecule has 0 radical (unpaired) electrons. The summed E-state index contributed by atoms with van der Waals surface area (Å²) in [7, 11) is 0. The highest BCUT2D eigenvalue weighted by Gasteiger charge is 2.27. The van der Waals surface area contributed by atoms with Crippen LogP contribution in [0.4, 0.5) is 5.13 Å². The van der Waals surface area contributed by atoms with Crippen LogP contribution in [0.3, 0.4) is 0 Å². The number of thiophene rings is 1. The fourth-order valence-corrected chi connectivity index (χ4v) is 3.08. The molecule has 0 bridgehead atoms. The monoisotopic (exact) mass is 251 g/mol. The quantitative estimate of drug-likeness (QED) is 0.901. The van der Waals surface area contributed by atoms with Crippen LogP contribution >= 0.6 is 22.9 Å². The number of aromatic nitrogens is 2. The first-order chi connectivity index (χ1) is 7.83. The molecule has 1 N–H and O–H groups in total. The molecule has 0 aliphatic heterocycles. The first kappa shape index (κ1) is 10.2. The number of rotatable bonds is 4. The molecule has 1 fully saturated rings. The lowest BCUT2D eigenvalue weighted by atomic mass is 10.2.